The molecule has 0 radical (unpaired) electrons. The van der Waals surface area contributed by atoms with Crippen LogP contribution in [0.1, 0.15) is 18.5 Å². The number of anilines is 1. The van der Waals surface area contributed by atoms with Gasteiger partial charge in [0.1, 0.15) is 0 Å². The van der Waals surface area contributed by atoms with E-state index >= 15 is 0 Å². The summed E-state index contributed by atoms with van der Waals surface area (Å²) in [7, 11) is 0. The molecule has 1 amide bonds. The van der Waals surface area contributed by atoms with Gasteiger partial charge in [-0.05, 0) is 17.7 Å². The fourth-order valence-corrected chi connectivity index (χ4v) is 1.16. The lowest BCUT2D eigenvalue weighted by Crippen LogP contribution is -2.09. The van der Waals surface area contributed by atoms with Crippen molar-refractivity contribution in [1.29, 1.82) is 0 Å². The van der Waals surface area contributed by atoms with E-state index in [-0.39, 0.29) is 11.9 Å². The first kappa shape index (κ1) is 10.5. The molecule has 1 rings (SSSR count). The predicted molar refractivity (Wildman–Crippen MR) is 57.9 cm³/mol. The van der Waals surface area contributed by atoms with Gasteiger partial charge in [-0.1, -0.05) is 18.2 Å². The van der Waals surface area contributed by atoms with Gasteiger partial charge >= 0.3 is 0 Å². The van der Waals surface area contributed by atoms with Crippen LogP contribution in [0.4, 0.5) is 5.69 Å². The molecule has 0 fully saturated rings. The van der Waals surface area contributed by atoms with Crippen molar-refractivity contribution in [2.24, 2.45) is 5.73 Å². The lowest BCUT2D eigenvalue weighted by atomic mass is 10.1. The first-order chi connectivity index (χ1) is 6.63. The quantitative estimate of drug-likeness (QED) is 0.714. The molecule has 0 bridgehead atoms. The van der Waals surface area contributed by atoms with Crippen molar-refractivity contribution in [2.75, 3.05) is 5.32 Å². The summed E-state index contributed by atoms with van der Waals surface area (Å²) < 4.78 is 0. The Labute approximate surface area is 83.6 Å². The van der Waals surface area contributed by atoms with E-state index in [0.717, 1.165) is 11.3 Å². The Morgan fingerprint density at radius 2 is 2.36 bits per heavy atom. The number of nitrogens with two attached hydrogens (primary N) is 1. The topological polar surface area (TPSA) is 55.1 Å². The van der Waals surface area contributed by atoms with Crippen molar-refractivity contribution in [3.05, 3.63) is 42.5 Å². The first-order valence-corrected chi connectivity index (χ1v) is 4.39. The van der Waals surface area contributed by atoms with Gasteiger partial charge in [0.2, 0.25) is 5.91 Å². The van der Waals surface area contributed by atoms with E-state index in [1.807, 2.05) is 24.3 Å². The third-order valence-electron chi connectivity index (χ3n) is 1.85. The number of carbonyl (C=O) groups excluding carboxylic acids is 1. The van der Waals surface area contributed by atoms with E-state index in [2.05, 4.69) is 11.9 Å². The van der Waals surface area contributed by atoms with Crippen molar-refractivity contribution in [3.8, 4) is 0 Å². The van der Waals surface area contributed by atoms with Gasteiger partial charge in [0, 0.05) is 18.7 Å². The largest absolute Gasteiger partial charge is 0.326 e. The molecule has 0 spiro atoms. The molecule has 14 heavy (non-hydrogen) atoms. The highest BCUT2D eigenvalue weighted by Gasteiger charge is 2.02. The molecule has 1 aromatic carbocycles. The number of rotatable bonds is 3. The number of carbonyl (C=O) groups is 1. The number of amides is 1. The summed E-state index contributed by atoms with van der Waals surface area (Å²) in [6, 6.07) is 7.22. The van der Waals surface area contributed by atoms with Gasteiger partial charge in [0.05, 0.1) is 0 Å². The highest BCUT2D eigenvalue weighted by Crippen LogP contribution is 2.16. The van der Waals surface area contributed by atoms with E-state index < -0.39 is 0 Å². The number of hydrogen-bond donors (Lipinski definition) is 2. The molecule has 3 N–H and O–H groups in total. The van der Waals surface area contributed by atoms with Crippen LogP contribution in [0.15, 0.2) is 36.9 Å². The highest BCUT2D eigenvalue weighted by molar-refractivity contribution is 5.88. The van der Waals surface area contributed by atoms with Crippen LogP contribution < -0.4 is 11.1 Å². The summed E-state index contributed by atoms with van der Waals surface area (Å²) in [6.07, 6.45) is 1.66. The zero-order valence-corrected chi connectivity index (χ0v) is 8.16. The molecule has 0 aliphatic heterocycles. The Bertz CT molecular complexity index is 347. The first-order valence-electron chi connectivity index (χ1n) is 4.39. The van der Waals surface area contributed by atoms with E-state index in [9.17, 15) is 4.79 Å². The average molecular weight is 190 g/mol. The Balaban J connectivity index is 2.88. The van der Waals surface area contributed by atoms with Gasteiger partial charge in [-0.3, -0.25) is 4.79 Å². The Morgan fingerprint density at radius 3 is 2.93 bits per heavy atom. The standard InChI is InChI=1S/C11H14N2O/c1-3-11(12)9-5-4-6-10(7-9)13-8(2)14/h3-7,11H,1,12H2,2H3,(H,13,14)/t11-/m0/s1. The second-order valence-electron chi connectivity index (χ2n) is 3.07. The van der Waals surface area contributed by atoms with E-state index in [1.54, 1.807) is 6.08 Å². The third-order valence-corrected chi connectivity index (χ3v) is 1.85. The Kier molecular flexibility index (Phi) is 3.42. The molecule has 3 nitrogen and oxygen atoms in total. The molecule has 1 atom stereocenters. The van der Waals surface area contributed by atoms with Gasteiger partial charge < -0.3 is 11.1 Å². The number of nitrogens with one attached hydrogen (secondary N) is 1. The van der Waals surface area contributed by atoms with Gasteiger partial charge in [-0.15, -0.1) is 6.58 Å². The van der Waals surface area contributed by atoms with Gasteiger partial charge in [0.25, 0.3) is 0 Å². The summed E-state index contributed by atoms with van der Waals surface area (Å²) in [5.74, 6) is -0.0886. The maximum Gasteiger partial charge on any atom is 0.221 e. The maximum atomic E-state index is 10.8. The summed E-state index contributed by atoms with van der Waals surface area (Å²) in [5.41, 5.74) is 7.46. The molecule has 0 aliphatic rings. The van der Waals surface area contributed by atoms with E-state index in [4.69, 9.17) is 5.73 Å². The second kappa shape index (κ2) is 4.58. The van der Waals surface area contributed by atoms with Crippen LogP contribution in [-0.2, 0) is 4.79 Å². The number of hydrogen-bond acceptors (Lipinski definition) is 2. The van der Waals surface area contributed by atoms with E-state index in [1.165, 1.54) is 6.92 Å². The molecule has 3 heteroatoms. The maximum absolute atomic E-state index is 10.8. The van der Waals surface area contributed by atoms with Gasteiger partial charge in [0.15, 0.2) is 0 Å². The summed E-state index contributed by atoms with van der Waals surface area (Å²) in [6.45, 7) is 5.09. The monoisotopic (exact) mass is 190 g/mol. The van der Waals surface area contributed by atoms with Crippen LogP contribution in [0, 0.1) is 0 Å². The molecule has 0 heterocycles. The lowest BCUT2D eigenvalue weighted by Gasteiger charge is -2.08. The minimum atomic E-state index is -0.191. The molecular formula is C11H14N2O. The van der Waals surface area contributed by atoms with Crippen molar-refractivity contribution >= 4 is 11.6 Å². The van der Waals surface area contributed by atoms with E-state index in [0.29, 0.717) is 0 Å². The minimum absolute atomic E-state index is 0.0886. The Morgan fingerprint density at radius 1 is 1.64 bits per heavy atom. The molecule has 0 aromatic heterocycles. The van der Waals surface area contributed by atoms with Gasteiger partial charge in [-0.2, -0.15) is 0 Å². The molecule has 0 saturated heterocycles. The zero-order chi connectivity index (χ0) is 10.6. The van der Waals surface area contributed by atoms with Crippen LogP contribution in [0.2, 0.25) is 0 Å². The third kappa shape index (κ3) is 2.71. The SMILES string of the molecule is C=C[C@H](N)c1cccc(NC(C)=O)c1. The fourth-order valence-electron chi connectivity index (χ4n) is 1.16. The molecule has 0 aliphatic carbocycles. The lowest BCUT2D eigenvalue weighted by molar-refractivity contribution is -0.114. The molecule has 1 aromatic rings. The van der Waals surface area contributed by atoms with Crippen molar-refractivity contribution in [3.63, 3.8) is 0 Å². The minimum Gasteiger partial charge on any atom is -0.326 e. The van der Waals surface area contributed by atoms with Crippen LogP contribution in [0.25, 0.3) is 0 Å². The summed E-state index contributed by atoms with van der Waals surface area (Å²) >= 11 is 0. The van der Waals surface area contributed by atoms with Crippen LogP contribution in [0.3, 0.4) is 0 Å². The normalized spacial score (nSPS) is 11.9. The van der Waals surface area contributed by atoms with Crippen LogP contribution >= 0.6 is 0 Å². The molecule has 0 saturated carbocycles. The average Bonchev–Trinajstić information content (AvgIpc) is 2.16. The van der Waals surface area contributed by atoms with Gasteiger partial charge in [-0.25, -0.2) is 0 Å². The summed E-state index contributed by atoms with van der Waals surface area (Å²) in [4.78, 5) is 10.8. The predicted octanol–water partition coefficient (Wildman–Crippen LogP) is 1.83. The molecular weight excluding hydrogens is 176 g/mol. The Hall–Kier alpha value is -1.61. The summed E-state index contributed by atoms with van der Waals surface area (Å²) in [5, 5.41) is 2.70. The second-order valence-corrected chi connectivity index (χ2v) is 3.07. The van der Waals surface area contributed by atoms with Crippen LogP contribution in [-0.4, -0.2) is 5.91 Å². The molecule has 74 valence electrons. The highest BCUT2D eigenvalue weighted by atomic mass is 16.1. The van der Waals surface area contributed by atoms with Crippen LogP contribution in [0.5, 0.6) is 0 Å². The zero-order valence-electron chi connectivity index (χ0n) is 8.16. The number of benzene rings is 1. The van der Waals surface area contributed by atoms with Crippen molar-refractivity contribution in [1.82, 2.24) is 0 Å². The van der Waals surface area contributed by atoms with Crippen molar-refractivity contribution < 1.29 is 4.79 Å². The molecule has 0 unspecified atom stereocenters. The fraction of sp³-hybridized carbons (Fsp3) is 0.182. The van der Waals surface area contributed by atoms with Crippen molar-refractivity contribution in [2.45, 2.75) is 13.0 Å². The smallest absolute Gasteiger partial charge is 0.221 e.